The van der Waals surface area contributed by atoms with Gasteiger partial charge in [-0.05, 0) is 33.7 Å². The average Bonchev–Trinajstić information content (AvgIpc) is 3.32. The van der Waals surface area contributed by atoms with Crippen molar-refractivity contribution in [2.45, 2.75) is 43.9 Å². The molecule has 7 heteroatoms. The van der Waals surface area contributed by atoms with Gasteiger partial charge in [0.25, 0.3) is 0 Å². The lowest BCUT2D eigenvalue weighted by Crippen LogP contribution is -2.30. The predicted octanol–water partition coefficient (Wildman–Crippen LogP) is 7.32. The van der Waals surface area contributed by atoms with E-state index in [1.807, 2.05) is 72.8 Å². The number of aromatic nitrogens is 4. The van der Waals surface area contributed by atoms with E-state index in [0.717, 1.165) is 33.2 Å². The third-order valence-electron chi connectivity index (χ3n) is 7.42. The van der Waals surface area contributed by atoms with Crippen molar-refractivity contribution in [3.63, 3.8) is 0 Å². The number of hydrogen-bond acceptors (Lipinski definition) is 5. The molecular formula is C35H33N5OS. The number of fused-ring (bicyclic) bond motifs is 3. The van der Waals surface area contributed by atoms with Crippen LogP contribution in [0.4, 0.5) is 0 Å². The van der Waals surface area contributed by atoms with Crippen LogP contribution in [-0.4, -0.2) is 31.4 Å². The molecule has 6 aromatic rings. The second-order valence-corrected chi connectivity index (χ2v) is 12.4. The quantitative estimate of drug-likeness (QED) is 0.194. The van der Waals surface area contributed by atoms with E-state index in [4.69, 9.17) is 4.98 Å². The first-order chi connectivity index (χ1) is 20.4. The fourth-order valence-electron chi connectivity index (χ4n) is 5.19. The molecule has 6 rings (SSSR count). The summed E-state index contributed by atoms with van der Waals surface area (Å²) in [7, 11) is 0. The summed E-state index contributed by atoms with van der Waals surface area (Å²) in [6, 6.07) is 36.7. The number of carbonyl (C=O) groups is 1. The van der Waals surface area contributed by atoms with Crippen LogP contribution in [0.25, 0.3) is 22.1 Å². The van der Waals surface area contributed by atoms with Gasteiger partial charge in [-0.25, -0.2) is 4.98 Å². The number of para-hydroxylation sites is 1. The normalized spacial score (nSPS) is 11.8. The number of hydrogen-bond donors (Lipinski definition) is 1. The van der Waals surface area contributed by atoms with Crippen LogP contribution in [0.2, 0.25) is 0 Å². The topological polar surface area (TPSA) is 72.7 Å². The van der Waals surface area contributed by atoms with Crippen LogP contribution >= 0.6 is 11.8 Å². The van der Waals surface area contributed by atoms with Crippen LogP contribution < -0.4 is 5.32 Å². The Morgan fingerprint density at radius 3 is 2.07 bits per heavy atom. The van der Waals surface area contributed by atoms with Gasteiger partial charge in [0.1, 0.15) is 5.52 Å². The molecular weight excluding hydrogens is 538 g/mol. The first kappa shape index (κ1) is 27.7. The van der Waals surface area contributed by atoms with Gasteiger partial charge in [-0.2, -0.15) is 0 Å². The van der Waals surface area contributed by atoms with E-state index in [1.54, 1.807) is 0 Å². The number of thioether (sulfide) groups is 1. The molecule has 0 aliphatic heterocycles. The Hall–Kier alpha value is -4.49. The number of benzene rings is 4. The molecule has 0 saturated carbocycles. The van der Waals surface area contributed by atoms with Gasteiger partial charge in [-0.3, -0.25) is 4.79 Å². The average molecular weight is 572 g/mol. The molecule has 2 aromatic heterocycles. The number of nitrogens with zero attached hydrogens (tertiary/aromatic N) is 4. The minimum atomic E-state index is -0.241. The van der Waals surface area contributed by atoms with E-state index in [0.29, 0.717) is 11.7 Å². The molecule has 0 fully saturated rings. The SMILES string of the molecule is CC(C)(C)c1ccc(Cn2c3ccccc3c3nnc(SCC(=O)NC(c4ccccc4)c4ccccc4)nc32)cc1. The number of carbonyl (C=O) groups excluding carboxylic acids is 1. The minimum absolute atomic E-state index is 0.0964. The van der Waals surface area contributed by atoms with Crippen molar-refractivity contribution in [2.24, 2.45) is 0 Å². The Morgan fingerprint density at radius 2 is 1.43 bits per heavy atom. The Labute approximate surface area is 250 Å². The van der Waals surface area contributed by atoms with Crippen molar-refractivity contribution in [1.29, 1.82) is 0 Å². The van der Waals surface area contributed by atoms with Crippen LogP contribution in [0.5, 0.6) is 0 Å². The third kappa shape index (κ3) is 5.92. The number of amides is 1. The van der Waals surface area contributed by atoms with Crippen LogP contribution in [0, 0.1) is 0 Å². The van der Waals surface area contributed by atoms with Gasteiger partial charge < -0.3 is 9.88 Å². The molecule has 1 N–H and O–H groups in total. The summed E-state index contributed by atoms with van der Waals surface area (Å²) in [5, 5.41) is 13.6. The Balaban J connectivity index is 1.24. The van der Waals surface area contributed by atoms with Gasteiger partial charge in [0.2, 0.25) is 11.1 Å². The van der Waals surface area contributed by atoms with E-state index >= 15 is 0 Å². The second-order valence-electron chi connectivity index (χ2n) is 11.4. The summed E-state index contributed by atoms with van der Waals surface area (Å²) >= 11 is 1.30. The lowest BCUT2D eigenvalue weighted by atomic mass is 9.87. The molecule has 6 nitrogen and oxygen atoms in total. The van der Waals surface area contributed by atoms with Gasteiger partial charge in [0.05, 0.1) is 17.3 Å². The number of nitrogens with one attached hydrogen (secondary N) is 1. The van der Waals surface area contributed by atoms with Crippen molar-refractivity contribution < 1.29 is 4.79 Å². The fraction of sp³-hybridized carbons (Fsp3) is 0.200. The summed E-state index contributed by atoms with van der Waals surface area (Å²) in [6.45, 7) is 7.33. The Morgan fingerprint density at radius 1 is 0.810 bits per heavy atom. The first-order valence-corrected chi connectivity index (χ1v) is 15.1. The molecule has 4 aromatic carbocycles. The standard InChI is InChI=1S/C35H33N5OS/c1-35(2,3)27-20-18-24(19-21-27)22-40-29-17-11-10-16-28(29)32-33(40)37-34(39-38-32)42-23-30(41)36-31(25-12-6-4-7-13-25)26-14-8-5-9-15-26/h4-21,31H,22-23H2,1-3H3,(H,36,41). The summed E-state index contributed by atoms with van der Waals surface area (Å²) < 4.78 is 2.19. The molecule has 0 aliphatic rings. The van der Waals surface area contributed by atoms with Crippen molar-refractivity contribution >= 4 is 39.7 Å². The maximum atomic E-state index is 13.2. The summed E-state index contributed by atoms with van der Waals surface area (Å²) in [5.41, 5.74) is 7.23. The van der Waals surface area contributed by atoms with Crippen molar-refractivity contribution in [3.05, 3.63) is 131 Å². The van der Waals surface area contributed by atoms with Gasteiger partial charge in [-0.1, -0.05) is 136 Å². The molecule has 0 saturated heterocycles. The maximum absolute atomic E-state index is 13.2. The molecule has 0 unspecified atom stereocenters. The molecule has 42 heavy (non-hydrogen) atoms. The molecule has 1 amide bonds. The zero-order chi connectivity index (χ0) is 29.1. The Bertz CT molecular complexity index is 1790. The highest BCUT2D eigenvalue weighted by Crippen LogP contribution is 2.29. The van der Waals surface area contributed by atoms with E-state index in [-0.39, 0.29) is 23.1 Å². The van der Waals surface area contributed by atoms with Crippen LogP contribution in [0.1, 0.15) is 49.1 Å². The highest BCUT2D eigenvalue weighted by Gasteiger charge is 2.19. The largest absolute Gasteiger partial charge is 0.344 e. The minimum Gasteiger partial charge on any atom is -0.344 e. The lowest BCUT2D eigenvalue weighted by molar-refractivity contribution is -0.119. The van der Waals surface area contributed by atoms with Crippen LogP contribution in [0.15, 0.2) is 114 Å². The summed E-state index contributed by atoms with van der Waals surface area (Å²) in [4.78, 5) is 18.1. The van der Waals surface area contributed by atoms with Crippen molar-refractivity contribution in [2.75, 3.05) is 5.75 Å². The van der Waals surface area contributed by atoms with E-state index in [1.165, 1.54) is 22.9 Å². The van der Waals surface area contributed by atoms with Crippen LogP contribution in [-0.2, 0) is 16.8 Å². The third-order valence-corrected chi connectivity index (χ3v) is 8.26. The fourth-order valence-corrected chi connectivity index (χ4v) is 5.78. The maximum Gasteiger partial charge on any atom is 0.231 e. The highest BCUT2D eigenvalue weighted by molar-refractivity contribution is 7.99. The van der Waals surface area contributed by atoms with Crippen molar-refractivity contribution in [3.8, 4) is 0 Å². The van der Waals surface area contributed by atoms with E-state index < -0.39 is 0 Å². The van der Waals surface area contributed by atoms with Gasteiger partial charge >= 0.3 is 0 Å². The molecule has 0 radical (unpaired) electrons. The molecule has 210 valence electrons. The highest BCUT2D eigenvalue weighted by atomic mass is 32.2. The van der Waals surface area contributed by atoms with E-state index in [9.17, 15) is 4.79 Å². The molecule has 0 aliphatic carbocycles. The Kier molecular flexibility index (Phi) is 7.76. The summed E-state index contributed by atoms with van der Waals surface area (Å²) in [6.07, 6.45) is 0. The monoisotopic (exact) mass is 571 g/mol. The van der Waals surface area contributed by atoms with Gasteiger partial charge in [-0.15, -0.1) is 10.2 Å². The smallest absolute Gasteiger partial charge is 0.231 e. The molecule has 0 spiro atoms. The van der Waals surface area contributed by atoms with Gasteiger partial charge in [0, 0.05) is 11.9 Å². The first-order valence-electron chi connectivity index (χ1n) is 14.1. The van der Waals surface area contributed by atoms with Gasteiger partial charge in [0.15, 0.2) is 5.65 Å². The van der Waals surface area contributed by atoms with Crippen LogP contribution in [0.3, 0.4) is 0 Å². The second kappa shape index (κ2) is 11.8. The molecule has 0 atom stereocenters. The lowest BCUT2D eigenvalue weighted by Gasteiger charge is -2.19. The molecule has 2 heterocycles. The predicted molar refractivity (Wildman–Crippen MR) is 171 cm³/mol. The number of rotatable bonds is 8. The summed E-state index contributed by atoms with van der Waals surface area (Å²) in [5.74, 6) is 0.0820. The zero-order valence-electron chi connectivity index (χ0n) is 24.0. The van der Waals surface area contributed by atoms with E-state index in [2.05, 4.69) is 77.3 Å². The van der Waals surface area contributed by atoms with Crippen molar-refractivity contribution in [1.82, 2.24) is 25.1 Å². The molecule has 0 bridgehead atoms. The zero-order valence-corrected chi connectivity index (χ0v) is 24.8.